The third-order valence-corrected chi connectivity index (χ3v) is 3.17. The van der Waals surface area contributed by atoms with Crippen molar-refractivity contribution in [1.29, 1.82) is 0 Å². The van der Waals surface area contributed by atoms with Crippen LogP contribution in [0, 0.1) is 0 Å². The molecule has 0 bridgehead atoms. The summed E-state index contributed by atoms with van der Waals surface area (Å²) < 4.78 is 7.07. The van der Waals surface area contributed by atoms with E-state index in [1.54, 1.807) is 19.3 Å². The summed E-state index contributed by atoms with van der Waals surface area (Å²) in [6, 6.07) is 3.47. The van der Waals surface area contributed by atoms with Crippen molar-refractivity contribution < 1.29 is 9.53 Å². The molecule has 1 amide bonds. The van der Waals surface area contributed by atoms with Crippen LogP contribution in [-0.4, -0.2) is 32.5 Å². The Morgan fingerprint density at radius 3 is 3.21 bits per heavy atom. The van der Waals surface area contributed by atoms with Crippen molar-refractivity contribution in [2.24, 2.45) is 7.05 Å². The van der Waals surface area contributed by atoms with Gasteiger partial charge in [-0.05, 0) is 18.9 Å². The van der Waals surface area contributed by atoms with E-state index < -0.39 is 0 Å². The fourth-order valence-electron chi connectivity index (χ4n) is 2.17. The minimum absolute atomic E-state index is 0.0647. The summed E-state index contributed by atoms with van der Waals surface area (Å²) in [7, 11) is 1.72. The average Bonchev–Trinajstić information content (AvgIpc) is 3.07. The number of hydrogen-bond donors (Lipinski definition) is 2. The molecule has 2 N–H and O–H groups in total. The van der Waals surface area contributed by atoms with Gasteiger partial charge in [-0.3, -0.25) is 14.6 Å². The third-order valence-electron chi connectivity index (χ3n) is 3.17. The molecule has 2 aromatic rings. The normalized spacial score (nSPS) is 18.7. The number of H-pyrrole nitrogens is 1. The molecule has 1 aliphatic heterocycles. The van der Waals surface area contributed by atoms with E-state index in [9.17, 15) is 4.79 Å². The fraction of sp³-hybridized carbons (Fsp3) is 0.417. The Balaban J connectivity index is 1.70. The zero-order valence-corrected chi connectivity index (χ0v) is 10.6. The van der Waals surface area contributed by atoms with Gasteiger partial charge < -0.3 is 10.1 Å². The van der Waals surface area contributed by atoms with Gasteiger partial charge in [-0.1, -0.05) is 0 Å². The molecule has 1 fully saturated rings. The first-order chi connectivity index (χ1) is 9.24. The third kappa shape index (κ3) is 2.37. The number of nitrogens with one attached hydrogen (secondary N) is 2. The number of rotatable bonds is 3. The number of aromatic amines is 1. The van der Waals surface area contributed by atoms with Gasteiger partial charge in [0, 0.05) is 25.9 Å². The van der Waals surface area contributed by atoms with Crippen molar-refractivity contribution >= 4 is 11.7 Å². The van der Waals surface area contributed by atoms with E-state index in [1.165, 1.54) is 4.68 Å². The zero-order chi connectivity index (χ0) is 13.2. The number of carbonyl (C=O) groups is 1. The van der Waals surface area contributed by atoms with Crippen molar-refractivity contribution in [3.63, 3.8) is 0 Å². The number of carbonyl (C=O) groups excluding carboxylic acids is 1. The van der Waals surface area contributed by atoms with E-state index in [4.69, 9.17) is 4.74 Å². The summed E-state index contributed by atoms with van der Waals surface area (Å²) in [5.74, 6) is 0.266. The predicted octanol–water partition coefficient (Wildman–Crippen LogP) is 1.25. The molecule has 0 spiro atoms. The van der Waals surface area contributed by atoms with Crippen LogP contribution < -0.4 is 5.32 Å². The largest absolute Gasteiger partial charge is 0.372 e. The lowest BCUT2D eigenvalue weighted by Gasteiger charge is -2.04. The minimum atomic E-state index is -0.231. The van der Waals surface area contributed by atoms with Crippen LogP contribution in [0.2, 0.25) is 0 Å². The number of aryl methyl sites for hydroxylation is 1. The molecular weight excluding hydrogens is 246 g/mol. The van der Waals surface area contributed by atoms with Crippen molar-refractivity contribution in [2.45, 2.75) is 18.9 Å². The Morgan fingerprint density at radius 1 is 1.63 bits per heavy atom. The Labute approximate surface area is 110 Å². The molecule has 7 nitrogen and oxygen atoms in total. The lowest BCUT2D eigenvalue weighted by atomic mass is 10.2. The maximum atomic E-state index is 12.0. The molecule has 19 heavy (non-hydrogen) atoms. The molecular formula is C12H15N5O2. The van der Waals surface area contributed by atoms with Crippen LogP contribution in [0.15, 0.2) is 18.3 Å². The highest BCUT2D eigenvalue weighted by molar-refractivity contribution is 6.02. The molecule has 3 rings (SSSR count). The lowest BCUT2D eigenvalue weighted by Crippen LogP contribution is -2.16. The summed E-state index contributed by atoms with van der Waals surface area (Å²) in [5.41, 5.74) is 1.39. The van der Waals surface area contributed by atoms with Gasteiger partial charge in [-0.2, -0.15) is 10.2 Å². The maximum Gasteiger partial charge on any atom is 0.275 e. The van der Waals surface area contributed by atoms with Crippen LogP contribution in [0.25, 0.3) is 0 Å². The molecule has 7 heteroatoms. The highest BCUT2D eigenvalue weighted by Crippen LogP contribution is 2.28. The van der Waals surface area contributed by atoms with Crippen LogP contribution in [0.3, 0.4) is 0 Å². The molecule has 3 heterocycles. The minimum Gasteiger partial charge on any atom is -0.372 e. The van der Waals surface area contributed by atoms with Crippen molar-refractivity contribution in [3.8, 4) is 0 Å². The van der Waals surface area contributed by atoms with Gasteiger partial charge in [-0.15, -0.1) is 0 Å². The summed E-state index contributed by atoms with van der Waals surface area (Å²) >= 11 is 0. The summed E-state index contributed by atoms with van der Waals surface area (Å²) in [6.45, 7) is 0.778. The first-order valence-electron chi connectivity index (χ1n) is 6.20. The Bertz CT molecular complexity index is 582. The number of ether oxygens (including phenoxy) is 1. The van der Waals surface area contributed by atoms with Gasteiger partial charge in [0.05, 0.1) is 11.8 Å². The second-order valence-corrected chi connectivity index (χ2v) is 4.50. The molecule has 0 aromatic carbocycles. The van der Waals surface area contributed by atoms with Gasteiger partial charge >= 0.3 is 0 Å². The fourth-order valence-corrected chi connectivity index (χ4v) is 2.17. The van der Waals surface area contributed by atoms with Crippen LogP contribution in [0.5, 0.6) is 0 Å². The van der Waals surface area contributed by atoms with Gasteiger partial charge in [-0.25, -0.2) is 0 Å². The molecule has 1 atom stereocenters. The molecule has 0 unspecified atom stereocenters. The van der Waals surface area contributed by atoms with Crippen molar-refractivity contribution in [2.75, 3.05) is 11.9 Å². The smallest absolute Gasteiger partial charge is 0.275 e. The first-order valence-corrected chi connectivity index (χ1v) is 6.20. The number of nitrogens with zero attached hydrogens (tertiary/aromatic N) is 3. The molecule has 100 valence electrons. The van der Waals surface area contributed by atoms with Gasteiger partial charge in [0.1, 0.15) is 5.69 Å². The monoisotopic (exact) mass is 261 g/mol. The van der Waals surface area contributed by atoms with Crippen LogP contribution in [0.1, 0.15) is 35.1 Å². The topological polar surface area (TPSA) is 84.8 Å². The van der Waals surface area contributed by atoms with Gasteiger partial charge in [0.2, 0.25) is 0 Å². The van der Waals surface area contributed by atoms with Crippen molar-refractivity contribution in [1.82, 2.24) is 20.0 Å². The first kappa shape index (κ1) is 11.9. The summed E-state index contributed by atoms with van der Waals surface area (Å²) in [5, 5.41) is 13.7. The Morgan fingerprint density at radius 2 is 2.53 bits per heavy atom. The van der Waals surface area contributed by atoms with E-state index in [0.717, 1.165) is 25.1 Å². The Kier molecular flexibility index (Phi) is 3.04. The Hall–Kier alpha value is -2.15. The standard InChI is InChI=1S/C12H15N5O2/c1-17-9(4-5-13-17)12(18)14-11-7-8(15-16-11)10-3-2-6-19-10/h4-5,7,10H,2-3,6H2,1H3,(H2,14,15,16,18)/t10-/m0/s1. The van der Waals surface area contributed by atoms with E-state index in [2.05, 4.69) is 20.6 Å². The van der Waals surface area contributed by atoms with E-state index >= 15 is 0 Å². The van der Waals surface area contributed by atoms with Crippen LogP contribution >= 0.6 is 0 Å². The van der Waals surface area contributed by atoms with Gasteiger partial charge in [0.25, 0.3) is 5.91 Å². The molecule has 0 saturated carbocycles. The highest BCUT2D eigenvalue weighted by Gasteiger charge is 2.20. The molecule has 0 aliphatic carbocycles. The highest BCUT2D eigenvalue weighted by atomic mass is 16.5. The van der Waals surface area contributed by atoms with E-state index in [-0.39, 0.29) is 12.0 Å². The van der Waals surface area contributed by atoms with Crippen LogP contribution in [-0.2, 0) is 11.8 Å². The van der Waals surface area contributed by atoms with Crippen molar-refractivity contribution in [3.05, 3.63) is 29.7 Å². The molecule has 1 saturated heterocycles. The summed E-state index contributed by atoms with van der Waals surface area (Å²) in [6.07, 6.45) is 3.68. The van der Waals surface area contributed by atoms with Crippen LogP contribution in [0.4, 0.5) is 5.82 Å². The van der Waals surface area contributed by atoms with Gasteiger partial charge in [0.15, 0.2) is 5.82 Å². The second kappa shape index (κ2) is 4.85. The SMILES string of the molecule is Cn1nccc1C(=O)Nc1cc([C@@H]2CCCO2)[nH]n1. The van der Waals surface area contributed by atoms with E-state index in [0.29, 0.717) is 11.5 Å². The number of amides is 1. The average molecular weight is 261 g/mol. The molecule has 1 aliphatic rings. The molecule has 0 radical (unpaired) electrons. The summed E-state index contributed by atoms with van der Waals surface area (Å²) in [4.78, 5) is 12.0. The maximum absolute atomic E-state index is 12.0. The quantitative estimate of drug-likeness (QED) is 0.870. The number of aromatic nitrogens is 4. The van der Waals surface area contributed by atoms with E-state index in [1.807, 2.05) is 6.07 Å². The second-order valence-electron chi connectivity index (χ2n) is 4.50. The predicted molar refractivity (Wildman–Crippen MR) is 67.7 cm³/mol. The zero-order valence-electron chi connectivity index (χ0n) is 10.6. The lowest BCUT2D eigenvalue weighted by molar-refractivity contribution is 0.101. The number of anilines is 1. The molecule has 2 aromatic heterocycles. The number of hydrogen-bond acceptors (Lipinski definition) is 4.